The minimum atomic E-state index is -0.280. The number of rotatable bonds is 6. The van der Waals surface area contributed by atoms with Crippen LogP contribution in [0.4, 0.5) is 5.69 Å². The summed E-state index contributed by atoms with van der Waals surface area (Å²) < 4.78 is 7.09. The molecule has 0 atom stereocenters. The number of aromatic hydroxyl groups is 1. The van der Waals surface area contributed by atoms with E-state index in [0.717, 1.165) is 11.1 Å². The standard InChI is InChI=1S/C24H21N3O3/c1-30-21-9-5-8-18(14-21)23-22(24(29)25-19-10-12-20(28)13-11-19)16-27(26-23)15-17-6-3-2-4-7-17/h2-14,16,28H,15H2,1H3,(H,25,29). The predicted octanol–water partition coefficient (Wildman–Crippen LogP) is 4.56. The molecule has 0 radical (unpaired) electrons. The van der Waals surface area contributed by atoms with Gasteiger partial charge in [-0.2, -0.15) is 5.10 Å². The van der Waals surface area contributed by atoms with E-state index in [1.54, 1.807) is 30.1 Å². The Morgan fingerprint density at radius 2 is 1.80 bits per heavy atom. The molecule has 1 heterocycles. The summed E-state index contributed by atoms with van der Waals surface area (Å²) >= 11 is 0. The number of methoxy groups -OCH3 is 1. The van der Waals surface area contributed by atoms with E-state index in [1.165, 1.54) is 12.1 Å². The van der Waals surface area contributed by atoms with Crippen LogP contribution in [0, 0.1) is 0 Å². The van der Waals surface area contributed by atoms with Gasteiger partial charge in [0, 0.05) is 17.4 Å². The van der Waals surface area contributed by atoms with Gasteiger partial charge in [-0.05, 0) is 42.0 Å². The van der Waals surface area contributed by atoms with Crippen LogP contribution in [-0.4, -0.2) is 27.9 Å². The first kappa shape index (κ1) is 19.3. The monoisotopic (exact) mass is 399 g/mol. The van der Waals surface area contributed by atoms with Crippen LogP contribution >= 0.6 is 0 Å². The molecule has 30 heavy (non-hydrogen) atoms. The first-order chi connectivity index (χ1) is 14.6. The van der Waals surface area contributed by atoms with Gasteiger partial charge < -0.3 is 15.2 Å². The van der Waals surface area contributed by atoms with Gasteiger partial charge in [-0.3, -0.25) is 9.48 Å². The number of nitrogens with zero attached hydrogens (tertiary/aromatic N) is 2. The highest BCUT2D eigenvalue weighted by atomic mass is 16.5. The second-order valence-electron chi connectivity index (χ2n) is 6.81. The number of phenolic OH excluding ortho intramolecular Hbond substituents is 1. The number of carbonyl (C=O) groups is 1. The summed E-state index contributed by atoms with van der Waals surface area (Å²) in [5.41, 5.74) is 3.48. The van der Waals surface area contributed by atoms with E-state index in [2.05, 4.69) is 10.4 Å². The molecule has 2 N–H and O–H groups in total. The Bertz CT molecular complexity index is 1150. The van der Waals surface area contributed by atoms with Crippen molar-refractivity contribution in [2.45, 2.75) is 6.54 Å². The zero-order valence-electron chi connectivity index (χ0n) is 16.4. The number of aromatic nitrogens is 2. The Morgan fingerprint density at radius 3 is 2.53 bits per heavy atom. The van der Waals surface area contributed by atoms with E-state index in [1.807, 2.05) is 54.6 Å². The maximum Gasteiger partial charge on any atom is 0.259 e. The summed E-state index contributed by atoms with van der Waals surface area (Å²) in [6, 6.07) is 23.8. The van der Waals surface area contributed by atoms with Crippen LogP contribution in [0.15, 0.2) is 85.1 Å². The largest absolute Gasteiger partial charge is 0.508 e. The van der Waals surface area contributed by atoms with Gasteiger partial charge >= 0.3 is 0 Å². The molecule has 1 amide bonds. The quantitative estimate of drug-likeness (QED) is 0.466. The topological polar surface area (TPSA) is 76.4 Å². The van der Waals surface area contributed by atoms with E-state index in [9.17, 15) is 9.90 Å². The molecule has 4 aromatic rings. The second kappa shape index (κ2) is 8.53. The molecular weight excluding hydrogens is 378 g/mol. The summed E-state index contributed by atoms with van der Waals surface area (Å²) in [6.45, 7) is 0.546. The lowest BCUT2D eigenvalue weighted by atomic mass is 10.1. The molecule has 0 saturated carbocycles. The van der Waals surface area contributed by atoms with E-state index in [0.29, 0.717) is 29.2 Å². The zero-order chi connectivity index (χ0) is 20.9. The minimum absolute atomic E-state index is 0.140. The van der Waals surface area contributed by atoms with Crippen LogP contribution < -0.4 is 10.1 Å². The molecular formula is C24H21N3O3. The van der Waals surface area contributed by atoms with Crippen molar-refractivity contribution in [3.05, 3.63) is 96.2 Å². The summed E-state index contributed by atoms with van der Waals surface area (Å²) in [6.07, 6.45) is 1.75. The van der Waals surface area contributed by atoms with Crippen molar-refractivity contribution in [3.63, 3.8) is 0 Å². The number of phenols is 1. The van der Waals surface area contributed by atoms with Gasteiger partial charge in [-0.1, -0.05) is 42.5 Å². The first-order valence-corrected chi connectivity index (χ1v) is 9.48. The van der Waals surface area contributed by atoms with Crippen LogP contribution in [0.2, 0.25) is 0 Å². The van der Waals surface area contributed by atoms with E-state index < -0.39 is 0 Å². The highest BCUT2D eigenvalue weighted by Crippen LogP contribution is 2.27. The van der Waals surface area contributed by atoms with Gasteiger partial charge in [0.2, 0.25) is 0 Å². The molecule has 4 rings (SSSR count). The maximum atomic E-state index is 13.1. The third kappa shape index (κ3) is 4.33. The number of carbonyl (C=O) groups excluding carboxylic acids is 1. The molecule has 6 nitrogen and oxygen atoms in total. The van der Waals surface area contributed by atoms with Gasteiger partial charge in [-0.25, -0.2) is 0 Å². The molecule has 0 aliphatic rings. The Morgan fingerprint density at radius 1 is 1.03 bits per heavy atom. The summed E-state index contributed by atoms with van der Waals surface area (Å²) in [5, 5.41) is 17.0. The van der Waals surface area contributed by atoms with Gasteiger partial charge in [0.1, 0.15) is 17.2 Å². The third-order valence-electron chi connectivity index (χ3n) is 4.66. The lowest BCUT2D eigenvalue weighted by molar-refractivity contribution is 0.102. The molecule has 0 unspecified atom stereocenters. The second-order valence-corrected chi connectivity index (χ2v) is 6.81. The number of hydrogen-bond donors (Lipinski definition) is 2. The van der Waals surface area contributed by atoms with Crippen LogP contribution in [0.25, 0.3) is 11.3 Å². The lowest BCUT2D eigenvalue weighted by Gasteiger charge is -2.06. The highest BCUT2D eigenvalue weighted by Gasteiger charge is 2.19. The zero-order valence-corrected chi connectivity index (χ0v) is 16.4. The summed E-state index contributed by atoms with van der Waals surface area (Å²) in [4.78, 5) is 13.1. The lowest BCUT2D eigenvalue weighted by Crippen LogP contribution is -2.12. The molecule has 1 aromatic heterocycles. The molecule has 0 bridgehead atoms. The fraction of sp³-hybridized carbons (Fsp3) is 0.0833. The summed E-state index contributed by atoms with van der Waals surface area (Å²) in [7, 11) is 1.60. The van der Waals surface area contributed by atoms with Crippen LogP contribution in [-0.2, 0) is 6.54 Å². The van der Waals surface area contributed by atoms with Gasteiger partial charge in [-0.15, -0.1) is 0 Å². The molecule has 0 aliphatic heterocycles. The Kier molecular flexibility index (Phi) is 5.48. The number of amides is 1. The third-order valence-corrected chi connectivity index (χ3v) is 4.66. The molecule has 0 spiro atoms. The number of hydrogen-bond acceptors (Lipinski definition) is 4. The predicted molar refractivity (Wildman–Crippen MR) is 116 cm³/mol. The van der Waals surface area contributed by atoms with Gasteiger partial charge in [0.15, 0.2) is 0 Å². The van der Waals surface area contributed by atoms with Crippen LogP contribution in [0.3, 0.4) is 0 Å². The first-order valence-electron chi connectivity index (χ1n) is 9.48. The Labute approximate surface area is 174 Å². The van der Waals surface area contributed by atoms with Crippen molar-refractivity contribution in [2.24, 2.45) is 0 Å². The van der Waals surface area contributed by atoms with Crippen molar-refractivity contribution in [3.8, 4) is 22.8 Å². The minimum Gasteiger partial charge on any atom is -0.508 e. The fourth-order valence-electron chi connectivity index (χ4n) is 3.17. The fourth-order valence-corrected chi connectivity index (χ4v) is 3.17. The molecule has 6 heteroatoms. The van der Waals surface area contributed by atoms with Gasteiger partial charge in [0.05, 0.1) is 19.2 Å². The van der Waals surface area contributed by atoms with Crippen molar-refractivity contribution in [2.75, 3.05) is 12.4 Å². The average molecular weight is 399 g/mol. The normalized spacial score (nSPS) is 10.6. The number of ether oxygens (including phenoxy) is 1. The van der Waals surface area contributed by atoms with Crippen molar-refractivity contribution < 1.29 is 14.6 Å². The van der Waals surface area contributed by atoms with Crippen molar-refractivity contribution in [1.29, 1.82) is 0 Å². The van der Waals surface area contributed by atoms with Crippen molar-refractivity contribution in [1.82, 2.24) is 9.78 Å². The summed E-state index contributed by atoms with van der Waals surface area (Å²) in [5.74, 6) is 0.550. The molecule has 0 aliphatic carbocycles. The molecule has 0 fully saturated rings. The van der Waals surface area contributed by atoms with E-state index in [4.69, 9.17) is 4.74 Å². The Balaban J connectivity index is 1.70. The maximum absolute atomic E-state index is 13.1. The highest BCUT2D eigenvalue weighted by molar-refractivity contribution is 6.08. The SMILES string of the molecule is COc1cccc(-c2nn(Cc3ccccc3)cc2C(=O)Nc2ccc(O)cc2)c1. The molecule has 0 saturated heterocycles. The van der Waals surface area contributed by atoms with Gasteiger partial charge in [0.25, 0.3) is 5.91 Å². The number of benzene rings is 3. The molecule has 150 valence electrons. The van der Waals surface area contributed by atoms with Crippen LogP contribution in [0.5, 0.6) is 11.5 Å². The van der Waals surface area contributed by atoms with Crippen LogP contribution in [0.1, 0.15) is 15.9 Å². The van der Waals surface area contributed by atoms with E-state index in [-0.39, 0.29) is 11.7 Å². The Hall–Kier alpha value is -4.06. The number of nitrogens with one attached hydrogen (secondary N) is 1. The smallest absolute Gasteiger partial charge is 0.259 e. The molecule has 3 aromatic carbocycles. The number of anilines is 1. The average Bonchev–Trinajstić information content (AvgIpc) is 3.20. The van der Waals surface area contributed by atoms with E-state index >= 15 is 0 Å². The van der Waals surface area contributed by atoms with Crippen molar-refractivity contribution >= 4 is 11.6 Å².